The summed E-state index contributed by atoms with van der Waals surface area (Å²) < 4.78 is 13.5. The van der Waals surface area contributed by atoms with E-state index >= 15 is 0 Å². The van der Waals surface area contributed by atoms with Crippen LogP contribution in [0.3, 0.4) is 0 Å². The third-order valence-corrected chi connectivity index (χ3v) is 7.58. The van der Waals surface area contributed by atoms with E-state index in [1.807, 2.05) is 36.4 Å². The zero-order valence-corrected chi connectivity index (χ0v) is 22.1. The molecule has 0 spiro atoms. The number of rotatable bonds is 9. The third-order valence-electron chi connectivity index (χ3n) is 7.33. The Morgan fingerprint density at radius 3 is 2.57 bits per heavy atom. The van der Waals surface area contributed by atoms with Gasteiger partial charge >= 0.3 is 0 Å². The number of amides is 1. The zero-order valence-electron chi connectivity index (χ0n) is 21.4. The quantitative estimate of drug-likeness (QED) is 0.274. The minimum absolute atomic E-state index is 0.0173. The summed E-state index contributed by atoms with van der Waals surface area (Å²) in [4.78, 5) is 13.2. The fourth-order valence-corrected chi connectivity index (χ4v) is 5.36. The number of fused-ring (bicyclic) bond motifs is 1. The van der Waals surface area contributed by atoms with E-state index in [1.165, 1.54) is 5.56 Å². The van der Waals surface area contributed by atoms with Crippen LogP contribution in [-0.2, 0) is 16.1 Å². The van der Waals surface area contributed by atoms with Gasteiger partial charge in [-0.15, -0.1) is 0 Å². The van der Waals surface area contributed by atoms with Gasteiger partial charge in [-0.2, -0.15) is 0 Å². The maximum Gasteiger partial charge on any atom is 0.221 e. The molecule has 1 aliphatic rings. The Labute approximate surface area is 223 Å². The SMILES string of the molecule is COc1ccc(Cn2cc(C(CC(=O)NCC3(C)CCCO3)c3ccc(Cl)cc3)c3ccccc32)cc1. The van der Waals surface area contributed by atoms with Gasteiger partial charge in [0.25, 0.3) is 0 Å². The van der Waals surface area contributed by atoms with Crippen LogP contribution < -0.4 is 10.1 Å². The highest BCUT2D eigenvalue weighted by atomic mass is 35.5. The van der Waals surface area contributed by atoms with Crippen LogP contribution in [0.15, 0.2) is 79.0 Å². The first-order valence-corrected chi connectivity index (χ1v) is 13.2. The van der Waals surface area contributed by atoms with Gasteiger partial charge in [-0.1, -0.05) is 54.1 Å². The molecule has 1 saturated heterocycles. The molecule has 6 heteroatoms. The second kappa shape index (κ2) is 11.0. The van der Waals surface area contributed by atoms with E-state index in [1.54, 1.807) is 7.11 Å². The smallest absolute Gasteiger partial charge is 0.221 e. The second-order valence-electron chi connectivity index (χ2n) is 10.1. The van der Waals surface area contributed by atoms with Crippen molar-refractivity contribution >= 4 is 28.4 Å². The molecule has 1 aromatic heterocycles. The minimum Gasteiger partial charge on any atom is -0.497 e. The number of halogens is 1. The van der Waals surface area contributed by atoms with Gasteiger partial charge in [-0.25, -0.2) is 0 Å². The number of nitrogens with one attached hydrogen (secondary N) is 1. The van der Waals surface area contributed by atoms with Gasteiger partial charge in [0.2, 0.25) is 5.91 Å². The Morgan fingerprint density at radius 1 is 1.11 bits per heavy atom. The molecule has 5 rings (SSSR count). The number of methoxy groups -OCH3 is 1. The lowest BCUT2D eigenvalue weighted by atomic mass is 9.88. The van der Waals surface area contributed by atoms with E-state index in [0.717, 1.165) is 53.8 Å². The van der Waals surface area contributed by atoms with Crippen molar-refractivity contribution in [3.63, 3.8) is 0 Å². The predicted molar refractivity (Wildman–Crippen MR) is 149 cm³/mol. The largest absolute Gasteiger partial charge is 0.497 e. The fourth-order valence-electron chi connectivity index (χ4n) is 5.23. The van der Waals surface area contributed by atoms with Crippen molar-refractivity contribution in [2.45, 2.75) is 44.2 Å². The highest BCUT2D eigenvalue weighted by Gasteiger charge is 2.31. The van der Waals surface area contributed by atoms with Crippen molar-refractivity contribution in [2.75, 3.05) is 20.3 Å². The van der Waals surface area contributed by atoms with Crippen LogP contribution in [0.5, 0.6) is 5.75 Å². The number of aromatic nitrogens is 1. The number of hydrogen-bond acceptors (Lipinski definition) is 3. The molecule has 2 heterocycles. The normalized spacial score (nSPS) is 18.1. The molecule has 2 unspecified atom stereocenters. The van der Waals surface area contributed by atoms with Gasteiger partial charge in [0, 0.05) is 54.2 Å². The van der Waals surface area contributed by atoms with Crippen molar-refractivity contribution in [1.29, 1.82) is 0 Å². The lowest BCUT2D eigenvalue weighted by Gasteiger charge is -2.24. The molecule has 1 amide bonds. The Kier molecular flexibility index (Phi) is 7.54. The molecule has 0 saturated carbocycles. The van der Waals surface area contributed by atoms with Crippen LogP contribution in [0.2, 0.25) is 5.02 Å². The summed E-state index contributed by atoms with van der Waals surface area (Å²) in [5, 5.41) is 4.97. The average molecular weight is 517 g/mol. The van der Waals surface area contributed by atoms with Crippen LogP contribution in [0.1, 0.15) is 48.8 Å². The number of ether oxygens (including phenoxy) is 2. The first-order chi connectivity index (χ1) is 17.9. The molecule has 1 N–H and O–H groups in total. The van der Waals surface area contributed by atoms with Crippen LogP contribution >= 0.6 is 11.6 Å². The molecule has 0 radical (unpaired) electrons. The summed E-state index contributed by atoms with van der Waals surface area (Å²) in [6.45, 7) is 4.08. The van der Waals surface area contributed by atoms with E-state index < -0.39 is 0 Å². The molecule has 1 aliphatic heterocycles. The van der Waals surface area contributed by atoms with Gasteiger partial charge in [-0.3, -0.25) is 4.79 Å². The summed E-state index contributed by atoms with van der Waals surface area (Å²) in [5.41, 5.74) is 4.23. The first kappa shape index (κ1) is 25.4. The Bertz CT molecular complexity index is 1360. The molecule has 37 heavy (non-hydrogen) atoms. The molecule has 1 fully saturated rings. The Morgan fingerprint density at radius 2 is 1.86 bits per heavy atom. The van der Waals surface area contributed by atoms with Gasteiger partial charge in [0.05, 0.1) is 12.7 Å². The van der Waals surface area contributed by atoms with Gasteiger partial charge in [0.1, 0.15) is 5.75 Å². The van der Waals surface area contributed by atoms with E-state index in [-0.39, 0.29) is 17.4 Å². The Balaban J connectivity index is 1.47. The second-order valence-corrected chi connectivity index (χ2v) is 10.5. The molecular weight excluding hydrogens is 484 g/mol. The summed E-state index contributed by atoms with van der Waals surface area (Å²) in [6.07, 6.45) is 4.54. The van der Waals surface area contributed by atoms with Gasteiger partial charge in [-0.05, 0) is 66.8 Å². The van der Waals surface area contributed by atoms with E-state index in [9.17, 15) is 4.79 Å². The van der Waals surface area contributed by atoms with Crippen LogP contribution in [-0.4, -0.2) is 36.3 Å². The van der Waals surface area contributed by atoms with Crippen molar-refractivity contribution < 1.29 is 14.3 Å². The first-order valence-electron chi connectivity index (χ1n) is 12.8. The van der Waals surface area contributed by atoms with E-state index in [4.69, 9.17) is 21.1 Å². The lowest BCUT2D eigenvalue weighted by molar-refractivity contribution is -0.122. The maximum absolute atomic E-state index is 13.2. The van der Waals surface area contributed by atoms with E-state index in [0.29, 0.717) is 18.0 Å². The molecule has 2 atom stereocenters. The average Bonchev–Trinajstić information content (AvgIpc) is 3.51. The molecule has 4 aromatic rings. The summed E-state index contributed by atoms with van der Waals surface area (Å²) in [6, 6.07) is 24.4. The number of nitrogens with zero attached hydrogens (tertiary/aromatic N) is 1. The summed E-state index contributed by atoms with van der Waals surface area (Å²) >= 11 is 6.21. The Hall–Kier alpha value is -3.28. The number of carbonyl (C=O) groups is 1. The predicted octanol–water partition coefficient (Wildman–Crippen LogP) is 6.56. The van der Waals surface area contributed by atoms with E-state index in [2.05, 4.69) is 59.4 Å². The molecule has 0 bridgehead atoms. The molecule has 5 nitrogen and oxygen atoms in total. The minimum atomic E-state index is -0.278. The molecule has 3 aromatic carbocycles. The van der Waals surface area contributed by atoms with Crippen molar-refractivity contribution in [3.05, 3.63) is 101 Å². The number of carbonyl (C=O) groups excluding carboxylic acids is 1. The topological polar surface area (TPSA) is 52.5 Å². The maximum atomic E-state index is 13.2. The number of benzene rings is 3. The van der Waals surface area contributed by atoms with Crippen molar-refractivity contribution in [1.82, 2.24) is 9.88 Å². The monoisotopic (exact) mass is 516 g/mol. The highest BCUT2D eigenvalue weighted by molar-refractivity contribution is 6.30. The standard InChI is InChI=1S/C31H33ClN2O3/c1-31(16-5-17-37-31)21-33-30(35)18-27(23-10-12-24(32)13-11-23)28-20-34(29-7-4-3-6-26(28)29)19-22-8-14-25(36-2)15-9-22/h3-4,6-15,20,27H,5,16-19,21H2,1-2H3,(H,33,35). The number of hydrogen-bond donors (Lipinski definition) is 1. The van der Waals surface area contributed by atoms with Crippen LogP contribution in [0, 0.1) is 0 Å². The summed E-state index contributed by atoms with van der Waals surface area (Å²) in [7, 11) is 1.68. The zero-order chi connectivity index (χ0) is 25.8. The van der Waals surface area contributed by atoms with Gasteiger partial charge < -0.3 is 19.4 Å². The molecule has 0 aliphatic carbocycles. The molecule has 192 valence electrons. The number of para-hydroxylation sites is 1. The highest BCUT2D eigenvalue weighted by Crippen LogP contribution is 2.36. The van der Waals surface area contributed by atoms with Crippen molar-refractivity contribution in [3.8, 4) is 5.75 Å². The van der Waals surface area contributed by atoms with Gasteiger partial charge in [0.15, 0.2) is 0 Å². The van der Waals surface area contributed by atoms with Crippen LogP contribution in [0.4, 0.5) is 0 Å². The lowest BCUT2D eigenvalue weighted by Crippen LogP contribution is -2.40. The van der Waals surface area contributed by atoms with Crippen molar-refractivity contribution in [2.24, 2.45) is 0 Å². The summed E-state index contributed by atoms with van der Waals surface area (Å²) in [5.74, 6) is 0.743. The van der Waals surface area contributed by atoms with Crippen LogP contribution in [0.25, 0.3) is 10.9 Å². The fraction of sp³-hybridized carbons (Fsp3) is 0.323. The third kappa shape index (κ3) is 5.84. The molecular formula is C31H33ClN2O3.